The molecular weight excluding hydrogens is 129 g/mol. The second-order valence-corrected chi connectivity index (χ2v) is 2.10. The molecule has 0 atom stereocenters. The lowest BCUT2D eigenvalue weighted by atomic mass is 10.2. The normalized spacial score (nSPS) is 10.5. The van der Waals surface area contributed by atoms with Gasteiger partial charge in [0.05, 0.1) is 0 Å². The van der Waals surface area contributed by atoms with E-state index in [0.717, 1.165) is 5.52 Å². The van der Waals surface area contributed by atoms with E-state index in [2.05, 4.69) is 11.1 Å². The average Bonchev–Trinajstić information content (AvgIpc) is 2.36. The minimum atomic E-state index is -0.293. The van der Waals surface area contributed by atoms with Crippen molar-refractivity contribution in [2.24, 2.45) is 0 Å². The SMILES string of the molecule is Fc1[c]ccc2[nH]ccc12. The van der Waals surface area contributed by atoms with Crippen LogP contribution in [0.5, 0.6) is 0 Å². The third kappa shape index (κ3) is 0.620. The maximum Gasteiger partial charge on any atom is 0.140 e. The lowest BCUT2D eigenvalue weighted by Gasteiger charge is -1.87. The van der Waals surface area contributed by atoms with Crippen molar-refractivity contribution < 1.29 is 4.39 Å². The summed E-state index contributed by atoms with van der Waals surface area (Å²) >= 11 is 0. The summed E-state index contributed by atoms with van der Waals surface area (Å²) in [6.45, 7) is 0. The van der Waals surface area contributed by atoms with Crippen LogP contribution in [0.4, 0.5) is 4.39 Å². The number of nitrogens with one attached hydrogen (secondary N) is 1. The molecule has 0 aliphatic heterocycles. The smallest absolute Gasteiger partial charge is 0.140 e. The topological polar surface area (TPSA) is 15.8 Å². The fourth-order valence-electron chi connectivity index (χ4n) is 0.988. The number of benzene rings is 1. The van der Waals surface area contributed by atoms with E-state index in [4.69, 9.17) is 0 Å². The van der Waals surface area contributed by atoms with Crippen molar-refractivity contribution in [3.8, 4) is 0 Å². The minimum Gasteiger partial charge on any atom is -0.361 e. The number of hydrogen-bond acceptors (Lipinski definition) is 0. The average molecular weight is 134 g/mol. The maximum atomic E-state index is 12.7. The molecule has 2 aromatic rings. The maximum absolute atomic E-state index is 12.7. The van der Waals surface area contributed by atoms with Gasteiger partial charge >= 0.3 is 0 Å². The van der Waals surface area contributed by atoms with E-state index in [-0.39, 0.29) is 5.82 Å². The molecule has 0 amide bonds. The van der Waals surface area contributed by atoms with Crippen molar-refractivity contribution in [2.75, 3.05) is 0 Å². The molecule has 10 heavy (non-hydrogen) atoms. The summed E-state index contributed by atoms with van der Waals surface area (Å²) in [6, 6.07) is 7.52. The standard InChI is InChI=1S/C8H5FN/c9-7-2-1-3-8-6(7)4-5-10-8/h1,3-5,10H. The molecule has 0 aliphatic rings. The van der Waals surface area contributed by atoms with Crippen molar-refractivity contribution in [1.82, 2.24) is 4.98 Å². The molecule has 2 heteroatoms. The molecule has 1 radical (unpaired) electrons. The zero-order valence-electron chi connectivity index (χ0n) is 5.19. The van der Waals surface area contributed by atoms with Crippen LogP contribution < -0.4 is 0 Å². The predicted octanol–water partition coefficient (Wildman–Crippen LogP) is 2.11. The zero-order chi connectivity index (χ0) is 6.97. The third-order valence-corrected chi connectivity index (χ3v) is 1.48. The Hall–Kier alpha value is -1.31. The van der Waals surface area contributed by atoms with Crippen LogP contribution in [0.1, 0.15) is 0 Å². The first-order chi connectivity index (χ1) is 4.88. The quantitative estimate of drug-likeness (QED) is 0.568. The first kappa shape index (κ1) is 5.47. The second-order valence-electron chi connectivity index (χ2n) is 2.10. The molecule has 1 N–H and O–H groups in total. The summed E-state index contributed by atoms with van der Waals surface area (Å²) in [5, 5.41) is 0.600. The zero-order valence-corrected chi connectivity index (χ0v) is 5.19. The van der Waals surface area contributed by atoms with Gasteiger partial charge in [-0.2, -0.15) is 0 Å². The first-order valence-electron chi connectivity index (χ1n) is 3.01. The Bertz CT molecular complexity index is 351. The van der Waals surface area contributed by atoms with E-state index in [9.17, 15) is 4.39 Å². The molecule has 1 aromatic heterocycles. The Balaban J connectivity index is 2.95. The first-order valence-corrected chi connectivity index (χ1v) is 3.01. The summed E-state index contributed by atoms with van der Waals surface area (Å²) in [5.74, 6) is -0.293. The van der Waals surface area contributed by atoms with Gasteiger partial charge in [-0.1, -0.05) is 0 Å². The molecular formula is C8H5FN. The summed E-state index contributed by atoms with van der Waals surface area (Å²) in [6.07, 6.45) is 1.71. The molecule has 1 aromatic carbocycles. The van der Waals surface area contributed by atoms with E-state index in [1.807, 2.05) is 0 Å². The van der Waals surface area contributed by atoms with Crippen molar-refractivity contribution in [3.63, 3.8) is 0 Å². The highest BCUT2D eigenvalue weighted by Crippen LogP contribution is 2.14. The highest BCUT2D eigenvalue weighted by molar-refractivity contribution is 5.79. The molecule has 1 heterocycles. The molecule has 1 nitrogen and oxygen atoms in total. The largest absolute Gasteiger partial charge is 0.361 e. The van der Waals surface area contributed by atoms with E-state index in [1.165, 1.54) is 0 Å². The lowest BCUT2D eigenvalue weighted by molar-refractivity contribution is 0.638. The van der Waals surface area contributed by atoms with Crippen LogP contribution in [-0.4, -0.2) is 4.98 Å². The van der Waals surface area contributed by atoms with Gasteiger partial charge in [0, 0.05) is 23.2 Å². The van der Waals surface area contributed by atoms with Crippen LogP contribution in [0.3, 0.4) is 0 Å². The van der Waals surface area contributed by atoms with E-state index < -0.39 is 0 Å². The van der Waals surface area contributed by atoms with Crippen molar-refractivity contribution in [1.29, 1.82) is 0 Å². The Morgan fingerprint density at radius 3 is 3.10 bits per heavy atom. The number of aromatic nitrogens is 1. The van der Waals surface area contributed by atoms with Gasteiger partial charge < -0.3 is 4.98 Å². The number of fused-ring (bicyclic) bond motifs is 1. The monoisotopic (exact) mass is 134 g/mol. The van der Waals surface area contributed by atoms with E-state index in [0.29, 0.717) is 5.39 Å². The molecule has 2 rings (SSSR count). The van der Waals surface area contributed by atoms with Gasteiger partial charge in [0.25, 0.3) is 0 Å². The van der Waals surface area contributed by atoms with Gasteiger partial charge in [0.2, 0.25) is 0 Å². The number of rotatable bonds is 0. The predicted molar refractivity (Wildman–Crippen MR) is 37.1 cm³/mol. The van der Waals surface area contributed by atoms with Crippen LogP contribution in [0, 0.1) is 11.9 Å². The fourth-order valence-corrected chi connectivity index (χ4v) is 0.988. The van der Waals surface area contributed by atoms with Crippen LogP contribution in [0.25, 0.3) is 10.9 Å². The molecule has 0 bridgehead atoms. The number of halogens is 1. The number of H-pyrrole nitrogens is 1. The highest BCUT2D eigenvalue weighted by Gasteiger charge is 1.97. The van der Waals surface area contributed by atoms with E-state index >= 15 is 0 Å². The van der Waals surface area contributed by atoms with Crippen LogP contribution >= 0.6 is 0 Å². The van der Waals surface area contributed by atoms with Crippen molar-refractivity contribution >= 4 is 10.9 Å². The Labute approximate surface area is 57.5 Å². The minimum absolute atomic E-state index is 0.293. The van der Waals surface area contributed by atoms with E-state index in [1.54, 1.807) is 24.4 Å². The number of hydrogen-bond donors (Lipinski definition) is 1. The van der Waals surface area contributed by atoms with Crippen molar-refractivity contribution in [3.05, 3.63) is 36.3 Å². The molecule has 0 spiro atoms. The summed E-state index contributed by atoms with van der Waals surface area (Å²) in [7, 11) is 0. The van der Waals surface area contributed by atoms with Crippen molar-refractivity contribution in [2.45, 2.75) is 0 Å². The lowest BCUT2D eigenvalue weighted by Crippen LogP contribution is -1.73. The summed E-state index contributed by atoms with van der Waals surface area (Å²) < 4.78 is 12.7. The van der Waals surface area contributed by atoms with Crippen LogP contribution in [0.15, 0.2) is 24.4 Å². The molecule has 0 saturated carbocycles. The Morgan fingerprint density at radius 1 is 1.40 bits per heavy atom. The third-order valence-electron chi connectivity index (χ3n) is 1.48. The number of aromatic amines is 1. The highest BCUT2D eigenvalue weighted by atomic mass is 19.1. The summed E-state index contributed by atoms with van der Waals surface area (Å²) in [5.41, 5.74) is 0.816. The van der Waals surface area contributed by atoms with Gasteiger partial charge in [0.15, 0.2) is 0 Å². The fraction of sp³-hybridized carbons (Fsp3) is 0. The molecule has 0 fully saturated rings. The Morgan fingerprint density at radius 2 is 2.30 bits per heavy atom. The Kier molecular flexibility index (Phi) is 1.01. The van der Waals surface area contributed by atoms with Gasteiger partial charge in [-0.3, -0.25) is 0 Å². The van der Waals surface area contributed by atoms with Gasteiger partial charge in [-0.05, 0) is 18.2 Å². The summed E-state index contributed by atoms with van der Waals surface area (Å²) in [4.78, 5) is 2.90. The van der Waals surface area contributed by atoms with Gasteiger partial charge in [-0.15, -0.1) is 0 Å². The molecule has 0 saturated heterocycles. The second kappa shape index (κ2) is 1.84. The molecule has 49 valence electrons. The van der Waals surface area contributed by atoms with Gasteiger partial charge in [0.1, 0.15) is 5.82 Å². The van der Waals surface area contributed by atoms with Crippen LogP contribution in [-0.2, 0) is 0 Å². The molecule has 0 aliphatic carbocycles. The van der Waals surface area contributed by atoms with Gasteiger partial charge in [-0.25, -0.2) is 4.39 Å². The molecule has 0 unspecified atom stereocenters. The van der Waals surface area contributed by atoms with Crippen LogP contribution in [0.2, 0.25) is 0 Å².